The highest BCUT2D eigenvalue weighted by Crippen LogP contribution is 2.24. The highest BCUT2D eigenvalue weighted by molar-refractivity contribution is 5.93. The highest BCUT2D eigenvalue weighted by atomic mass is 16.5. The van der Waals surface area contributed by atoms with Crippen LogP contribution in [0.4, 0.5) is 5.69 Å². The SMILES string of the molecule is CCCCOc1cc(N)ccc1C(=O)OC[C@H](C(C)CC)N(CC)CC. The van der Waals surface area contributed by atoms with Crippen molar-refractivity contribution < 1.29 is 14.3 Å². The van der Waals surface area contributed by atoms with E-state index in [9.17, 15) is 4.79 Å². The molecule has 5 heteroatoms. The van der Waals surface area contributed by atoms with Crippen LogP contribution >= 0.6 is 0 Å². The van der Waals surface area contributed by atoms with E-state index in [0.29, 0.717) is 36.1 Å². The van der Waals surface area contributed by atoms with E-state index in [1.165, 1.54) is 0 Å². The van der Waals surface area contributed by atoms with Crippen molar-refractivity contribution >= 4 is 11.7 Å². The van der Waals surface area contributed by atoms with E-state index >= 15 is 0 Å². The van der Waals surface area contributed by atoms with Crippen molar-refractivity contribution in [3.63, 3.8) is 0 Å². The molecule has 2 N–H and O–H groups in total. The second-order valence-corrected chi connectivity index (χ2v) is 6.73. The van der Waals surface area contributed by atoms with Crippen molar-refractivity contribution in [1.82, 2.24) is 4.90 Å². The van der Waals surface area contributed by atoms with E-state index in [2.05, 4.69) is 39.5 Å². The molecule has 0 saturated heterocycles. The number of rotatable bonds is 12. The lowest BCUT2D eigenvalue weighted by Crippen LogP contribution is -2.43. The Kier molecular flexibility index (Phi) is 10.1. The topological polar surface area (TPSA) is 64.8 Å². The van der Waals surface area contributed by atoms with Crippen LogP contribution in [0.1, 0.15) is 64.2 Å². The molecule has 1 aromatic rings. The van der Waals surface area contributed by atoms with Crippen LogP contribution < -0.4 is 10.5 Å². The Morgan fingerprint density at radius 3 is 2.46 bits per heavy atom. The minimum Gasteiger partial charge on any atom is -0.493 e. The molecule has 1 aromatic carbocycles. The first-order chi connectivity index (χ1) is 12.5. The van der Waals surface area contributed by atoms with Gasteiger partial charge in [0.15, 0.2) is 0 Å². The molecule has 0 aromatic heterocycles. The van der Waals surface area contributed by atoms with E-state index in [1.807, 2.05) is 0 Å². The molecule has 0 saturated carbocycles. The van der Waals surface area contributed by atoms with Crippen molar-refractivity contribution in [2.75, 3.05) is 32.0 Å². The van der Waals surface area contributed by atoms with Crippen LogP contribution in [0.15, 0.2) is 18.2 Å². The van der Waals surface area contributed by atoms with Crippen LogP contribution in [0.2, 0.25) is 0 Å². The summed E-state index contributed by atoms with van der Waals surface area (Å²) in [6.45, 7) is 13.6. The number of nitrogen functional groups attached to an aromatic ring is 1. The number of esters is 1. The molecule has 0 aliphatic heterocycles. The number of hydrogen-bond donors (Lipinski definition) is 1. The standard InChI is InChI=1S/C21H36N2O3/c1-6-10-13-25-20-14-17(22)11-12-18(20)21(24)26-15-19(16(5)7-2)23(8-3)9-4/h11-12,14,16,19H,6-10,13,15,22H2,1-5H3/t16?,19-/m1/s1. The molecule has 0 amide bonds. The zero-order valence-electron chi connectivity index (χ0n) is 17.1. The number of unbranched alkanes of at least 4 members (excludes halogenated alkanes) is 1. The van der Waals surface area contributed by atoms with Gasteiger partial charge in [0.05, 0.1) is 6.61 Å². The normalized spacial score (nSPS) is 13.5. The quantitative estimate of drug-likeness (QED) is 0.339. The van der Waals surface area contributed by atoms with Gasteiger partial charge in [-0.2, -0.15) is 0 Å². The lowest BCUT2D eigenvalue weighted by molar-refractivity contribution is 0.0268. The Hall–Kier alpha value is -1.75. The summed E-state index contributed by atoms with van der Waals surface area (Å²) in [6.07, 6.45) is 3.01. The molecule has 5 nitrogen and oxygen atoms in total. The average Bonchev–Trinajstić information content (AvgIpc) is 2.64. The zero-order valence-corrected chi connectivity index (χ0v) is 17.1. The maximum Gasteiger partial charge on any atom is 0.341 e. The van der Waals surface area contributed by atoms with E-state index < -0.39 is 0 Å². The van der Waals surface area contributed by atoms with Crippen LogP contribution in [0.5, 0.6) is 5.75 Å². The van der Waals surface area contributed by atoms with Gasteiger partial charge in [0.1, 0.15) is 17.9 Å². The predicted molar refractivity (Wildman–Crippen MR) is 108 cm³/mol. The fraction of sp³-hybridized carbons (Fsp3) is 0.667. The Balaban J connectivity index is 2.85. The van der Waals surface area contributed by atoms with Crippen molar-refractivity contribution in [3.05, 3.63) is 23.8 Å². The molecule has 26 heavy (non-hydrogen) atoms. The maximum absolute atomic E-state index is 12.7. The molecule has 2 atom stereocenters. The largest absolute Gasteiger partial charge is 0.493 e. The molecular weight excluding hydrogens is 328 g/mol. The second kappa shape index (κ2) is 11.8. The van der Waals surface area contributed by atoms with Gasteiger partial charge in [0, 0.05) is 17.8 Å². The minimum atomic E-state index is -0.350. The third-order valence-corrected chi connectivity index (χ3v) is 4.95. The van der Waals surface area contributed by atoms with Gasteiger partial charge in [-0.15, -0.1) is 0 Å². The predicted octanol–water partition coefficient (Wildman–Crippen LogP) is 4.36. The lowest BCUT2D eigenvalue weighted by Gasteiger charge is -2.33. The van der Waals surface area contributed by atoms with Crippen molar-refractivity contribution in [2.45, 2.75) is 59.9 Å². The smallest absolute Gasteiger partial charge is 0.341 e. The summed E-state index contributed by atoms with van der Waals surface area (Å²) in [5.74, 6) is 0.609. The van der Waals surface area contributed by atoms with Crippen molar-refractivity contribution in [3.8, 4) is 5.75 Å². The van der Waals surface area contributed by atoms with Gasteiger partial charge < -0.3 is 15.2 Å². The van der Waals surface area contributed by atoms with Crippen LogP contribution in [-0.4, -0.2) is 43.2 Å². The van der Waals surface area contributed by atoms with Gasteiger partial charge in [-0.05, 0) is 37.6 Å². The molecule has 1 unspecified atom stereocenters. The van der Waals surface area contributed by atoms with Gasteiger partial charge in [0.2, 0.25) is 0 Å². The Labute approximate surface area is 158 Å². The number of ether oxygens (including phenoxy) is 2. The van der Waals surface area contributed by atoms with Crippen LogP contribution in [0, 0.1) is 5.92 Å². The first kappa shape index (κ1) is 22.3. The third-order valence-electron chi connectivity index (χ3n) is 4.95. The molecule has 0 aliphatic carbocycles. The highest BCUT2D eigenvalue weighted by Gasteiger charge is 2.24. The summed E-state index contributed by atoms with van der Waals surface area (Å²) in [5.41, 5.74) is 6.87. The zero-order chi connectivity index (χ0) is 19.5. The molecule has 0 heterocycles. The van der Waals surface area contributed by atoms with Gasteiger partial charge >= 0.3 is 5.97 Å². The summed E-state index contributed by atoms with van der Waals surface area (Å²) in [6, 6.07) is 5.31. The number of nitrogens with zero attached hydrogens (tertiary/aromatic N) is 1. The molecule has 0 radical (unpaired) electrons. The fourth-order valence-corrected chi connectivity index (χ4v) is 2.99. The summed E-state index contributed by atoms with van der Waals surface area (Å²) in [5, 5.41) is 0. The van der Waals surface area contributed by atoms with Gasteiger partial charge in [-0.25, -0.2) is 4.79 Å². The number of carbonyl (C=O) groups is 1. The number of hydrogen-bond acceptors (Lipinski definition) is 5. The summed E-state index contributed by atoms with van der Waals surface area (Å²) >= 11 is 0. The molecule has 0 bridgehead atoms. The number of benzene rings is 1. The summed E-state index contributed by atoms with van der Waals surface area (Å²) in [7, 11) is 0. The monoisotopic (exact) mass is 364 g/mol. The average molecular weight is 365 g/mol. The van der Waals surface area contributed by atoms with Gasteiger partial charge in [0.25, 0.3) is 0 Å². The summed E-state index contributed by atoms with van der Waals surface area (Å²) in [4.78, 5) is 15.0. The number of anilines is 1. The van der Waals surface area contributed by atoms with Crippen molar-refractivity contribution in [2.24, 2.45) is 5.92 Å². The Bertz CT molecular complexity index is 544. The van der Waals surface area contributed by atoms with Gasteiger partial charge in [-0.3, -0.25) is 4.90 Å². The molecule has 1 rings (SSSR count). The Morgan fingerprint density at radius 1 is 1.19 bits per heavy atom. The second-order valence-electron chi connectivity index (χ2n) is 6.73. The molecule has 0 aliphatic rings. The lowest BCUT2D eigenvalue weighted by atomic mass is 9.98. The number of nitrogens with two attached hydrogens (primary N) is 1. The van der Waals surface area contributed by atoms with E-state index in [0.717, 1.165) is 32.4 Å². The summed E-state index contributed by atoms with van der Waals surface area (Å²) < 4.78 is 11.4. The fourth-order valence-electron chi connectivity index (χ4n) is 2.99. The molecule has 0 spiro atoms. The van der Waals surface area contributed by atoms with E-state index in [-0.39, 0.29) is 12.0 Å². The van der Waals surface area contributed by atoms with Crippen LogP contribution in [-0.2, 0) is 4.74 Å². The van der Waals surface area contributed by atoms with Gasteiger partial charge in [-0.1, -0.05) is 47.5 Å². The first-order valence-electron chi connectivity index (χ1n) is 9.91. The van der Waals surface area contributed by atoms with Crippen molar-refractivity contribution in [1.29, 1.82) is 0 Å². The van der Waals surface area contributed by atoms with Crippen LogP contribution in [0.25, 0.3) is 0 Å². The number of likely N-dealkylation sites (N-methyl/N-ethyl adjacent to an activating group) is 1. The Morgan fingerprint density at radius 2 is 1.88 bits per heavy atom. The minimum absolute atomic E-state index is 0.220. The van der Waals surface area contributed by atoms with E-state index in [4.69, 9.17) is 15.2 Å². The first-order valence-corrected chi connectivity index (χ1v) is 9.91. The third kappa shape index (κ3) is 6.52. The van der Waals surface area contributed by atoms with E-state index in [1.54, 1.807) is 18.2 Å². The molecule has 0 fully saturated rings. The molecular formula is C21H36N2O3. The molecule has 148 valence electrons. The number of carbonyl (C=O) groups excluding carboxylic acids is 1. The maximum atomic E-state index is 12.7. The van der Waals surface area contributed by atoms with Crippen LogP contribution in [0.3, 0.4) is 0 Å².